The number of likely N-dealkylation sites (N-methyl/N-ethyl adjacent to an activating group) is 1. The smallest absolute Gasteiger partial charge is 0.415 e. The van der Waals surface area contributed by atoms with E-state index in [-0.39, 0.29) is 25.1 Å². The lowest BCUT2D eigenvalue weighted by atomic mass is 9.57. The molecule has 0 saturated heterocycles. The average molecular weight is 498 g/mol. The quantitative estimate of drug-likeness (QED) is 0.618. The van der Waals surface area contributed by atoms with Crippen LogP contribution in [0.2, 0.25) is 0 Å². The van der Waals surface area contributed by atoms with E-state index in [1.807, 2.05) is 6.07 Å². The van der Waals surface area contributed by atoms with Gasteiger partial charge < -0.3 is 29.5 Å². The summed E-state index contributed by atoms with van der Waals surface area (Å²) in [6.07, 6.45) is 1.23. The molecule has 1 aliphatic heterocycles. The minimum atomic E-state index is -1.10. The topological polar surface area (TPSA) is 110 Å². The predicted molar refractivity (Wildman–Crippen MR) is 134 cm³/mol. The first-order valence-electron chi connectivity index (χ1n) is 12.5. The van der Waals surface area contributed by atoms with Crippen LogP contribution in [0.3, 0.4) is 0 Å². The minimum absolute atomic E-state index is 0.160. The summed E-state index contributed by atoms with van der Waals surface area (Å²) >= 11 is 0. The molecule has 1 spiro atoms. The number of rotatable bonds is 4. The third-order valence-corrected chi connectivity index (χ3v) is 7.96. The lowest BCUT2D eigenvalue weighted by Gasteiger charge is -2.47. The fourth-order valence-corrected chi connectivity index (χ4v) is 6.62. The molecule has 1 heterocycles. The standard InChI is InChI=1S/C27H35N3O6/c1-15-9-10-27(33)21(28-5)17-13-16-7-8-18(20-19(16)26(27,14-17)22(15)35-20)34-24(32)30(6)12-11-29-23(31)36-25(2,3)4/h7-8,17,22,33H,1,9-14H2,2-6H3,(H,29,31)/t17-,22?,26?,27?/m1/s1. The molecular weight excluding hydrogens is 462 g/mol. The van der Waals surface area contributed by atoms with E-state index in [4.69, 9.17) is 14.2 Å². The van der Waals surface area contributed by atoms with Crippen LogP contribution in [0, 0.1) is 5.92 Å². The first-order chi connectivity index (χ1) is 16.9. The van der Waals surface area contributed by atoms with E-state index in [1.54, 1.807) is 40.9 Å². The summed E-state index contributed by atoms with van der Waals surface area (Å²) in [6, 6.07) is 3.74. The number of alkyl carbamates (subject to hydrolysis) is 1. The lowest BCUT2D eigenvalue weighted by molar-refractivity contribution is -0.0266. The number of carbonyl (C=O) groups excluding carboxylic acids is 2. The Morgan fingerprint density at radius 3 is 2.81 bits per heavy atom. The van der Waals surface area contributed by atoms with Gasteiger partial charge in [-0.15, -0.1) is 0 Å². The van der Waals surface area contributed by atoms with Gasteiger partial charge in [-0.3, -0.25) is 4.99 Å². The average Bonchev–Trinajstić information content (AvgIpc) is 3.25. The fraction of sp³-hybridized carbons (Fsp3) is 0.593. The zero-order valence-corrected chi connectivity index (χ0v) is 21.6. The van der Waals surface area contributed by atoms with Crippen LogP contribution in [0.15, 0.2) is 29.3 Å². The number of ether oxygens (including phenoxy) is 3. The van der Waals surface area contributed by atoms with E-state index in [0.29, 0.717) is 24.3 Å². The van der Waals surface area contributed by atoms with Crippen molar-refractivity contribution in [1.29, 1.82) is 0 Å². The Bertz CT molecular complexity index is 1170. The molecule has 3 aliphatic carbocycles. The molecule has 5 rings (SSSR count). The SMILES string of the molecule is C=C1CCC2(O)C(=NC)[C@@H]3Cc4ccc(OC(=O)N(C)CCNC(=O)OC(C)(C)C)c5c4C2(C3)C1O5. The third-order valence-electron chi connectivity index (χ3n) is 7.96. The molecule has 1 aromatic carbocycles. The van der Waals surface area contributed by atoms with Crippen LogP contribution in [0.25, 0.3) is 0 Å². The Labute approximate surface area is 211 Å². The van der Waals surface area contributed by atoms with Gasteiger partial charge in [0.05, 0.1) is 5.41 Å². The predicted octanol–water partition coefficient (Wildman–Crippen LogP) is 3.37. The van der Waals surface area contributed by atoms with E-state index in [9.17, 15) is 14.7 Å². The van der Waals surface area contributed by atoms with Gasteiger partial charge in [0, 0.05) is 44.4 Å². The Kier molecular flexibility index (Phi) is 5.63. The molecule has 9 heteroatoms. The Morgan fingerprint density at radius 1 is 1.36 bits per heavy atom. The van der Waals surface area contributed by atoms with Gasteiger partial charge >= 0.3 is 12.2 Å². The molecule has 3 unspecified atom stereocenters. The van der Waals surface area contributed by atoms with Crippen molar-refractivity contribution in [2.24, 2.45) is 10.9 Å². The van der Waals surface area contributed by atoms with E-state index in [2.05, 4.69) is 16.9 Å². The highest BCUT2D eigenvalue weighted by atomic mass is 16.6. The van der Waals surface area contributed by atoms with E-state index < -0.39 is 28.8 Å². The molecule has 9 nitrogen and oxygen atoms in total. The van der Waals surface area contributed by atoms with Crippen molar-refractivity contribution < 1.29 is 28.9 Å². The minimum Gasteiger partial charge on any atom is -0.481 e. The normalized spacial score (nSPS) is 30.5. The zero-order valence-electron chi connectivity index (χ0n) is 21.6. The van der Waals surface area contributed by atoms with Crippen LogP contribution in [-0.2, 0) is 16.6 Å². The fourth-order valence-electron chi connectivity index (χ4n) is 6.62. The molecule has 2 N–H and O–H groups in total. The second kappa shape index (κ2) is 8.23. The van der Waals surface area contributed by atoms with Gasteiger partial charge in [0.25, 0.3) is 0 Å². The number of hydrogen-bond acceptors (Lipinski definition) is 7. The van der Waals surface area contributed by atoms with E-state index in [0.717, 1.165) is 35.3 Å². The molecule has 2 amide bonds. The van der Waals surface area contributed by atoms with Crippen LogP contribution in [-0.4, -0.2) is 72.4 Å². The molecule has 2 saturated carbocycles. The van der Waals surface area contributed by atoms with E-state index in [1.165, 1.54) is 4.90 Å². The maximum atomic E-state index is 12.9. The van der Waals surface area contributed by atoms with Gasteiger partial charge in [0.2, 0.25) is 0 Å². The lowest BCUT2D eigenvalue weighted by Crippen LogP contribution is -2.60. The Balaban J connectivity index is 1.36. The van der Waals surface area contributed by atoms with E-state index >= 15 is 0 Å². The number of aliphatic imine (C=N–C) groups is 1. The van der Waals surface area contributed by atoms with Crippen molar-refractivity contribution in [3.8, 4) is 11.5 Å². The number of hydrogen-bond donors (Lipinski definition) is 2. The highest BCUT2D eigenvalue weighted by molar-refractivity contribution is 6.01. The summed E-state index contributed by atoms with van der Waals surface area (Å²) in [6.45, 7) is 10.1. The number of amides is 2. The van der Waals surface area contributed by atoms with Crippen molar-refractivity contribution in [3.05, 3.63) is 35.4 Å². The van der Waals surface area contributed by atoms with Gasteiger partial charge in [-0.05, 0) is 63.7 Å². The van der Waals surface area contributed by atoms with Crippen LogP contribution >= 0.6 is 0 Å². The molecule has 36 heavy (non-hydrogen) atoms. The highest BCUT2D eigenvalue weighted by Crippen LogP contribution is 2.68. The summed E-state index contributed by atoms with van der Waals surface area (Å²) < 4.78 is 17.5. The number of carbonyl (C=O) groups is 2. The molecule has 0 aromatic heterocycles. The van der Waals surface area contributed by atoms with Gasteiger partial charge in [0.1, 0.15) is 17.3 Å². The van der Waals surface area contributed by atoms with Crippen LogP contribution in [0.1, 0.15) is 51.2 Å². The Hall–Kier alpha value is -3.07. The number of nitrogens with zero attached hydrogens (tertiary/aromatic N) is 2. The molecule has 0 radical (unpaired) electrons. The van der Waals surface area contributed by atoms with Crippen LogP contribution in [0.4, 0.5) is 9.59 Å². The van der Waals surface area contributed by atoms with Crippen molar-refractivity contribution in [2.45, 2.75) is 69.2 Å². The van der Waals surface area contributed by atoms with Crippen LogP contribution in [0.5, 0.6) is 11.5 Å². The first kappa shape index (κ1) is 24.6. The van der Waals surface area contributed by atoms with Crippen LogP contribution < -0.4 is 14.8 Å². The third kappa shape index (κ3) is 3.50. The molecule has 194 valence electrons. The molecule has 2 bridgehead atoms. The van der Waals surface area contributed by atoms with Gasteiger partial charge in [-0.25, -0.2) is 9.59 Å². The van der Waals surface area contributed by atoms with Crippen molar-refractivity contribution in [3.63, 3.8) is 0 Å². The van der Waals surface area contributed by atoms with Crippen molar-refractivity contribution in [1.82, 2.24) is 10.2 Å². The molecular formula is C27H35N3O6. The largest absolute Gasteiger partial charge is 0.481 e. The number of fused-ring (bicyclic) bond motifs is 1. The maximum Gasteiger partial charge on any atom is 0.415 e. The summed E-state index contributed by atoms with van der Waals surface area (Å²) in [5.74, 6) is 1.00. The summed E-state index contributed by atoms with van der Waals surface area (Å²) in [5, 5.41) is 14.7. The summed E-state index contributed by atoms with van der Waals surface area (Å²) in [7, 11) is 3.35. The van der Waals surface area contributed by atoms with Gasteiger partial charge in [-0.2, -0.15) is 0 Å². The molecule has 1 aromatic rings. The van der Waals surface area contributed by atoms with Gasteiger partial charge in [-0.1, -0.05) is 12.6 Å². The highest BCUT2D eigenvalue weighted by Gasteiger charge is 2.73. The molecule has 2 fully saturated rings. The summed E-state index contributed by atoms with van der Waals surface area (Å²) in [4.78, 5) is 30.7. The molecule has 4 aliphatic rings. The monoisotopic (exact) mass is 497 g/mol. The zero-order chi connectivity index (χ0) is 26.0. The first-order valence-corrected chi connectivity index (χ1v) is 12.5. The second-order valence-corrected chi connectivity index (χ2v) is 11.3. The Morgan fingerprint density at radius 2 is 2.11 bits per heavy atom. The van der Waals surface area contributed by atoms with Crippen molar-refractivity contribution in [2.75, 3.05) is 27.2 Å². The maximum absolute atomic E-state index is 12.9. The number of aliphatic hydroxyl groups is 1. The number of benzene rings is 1. The van der Waals surface area contributed by atoms with Gasteiger partial charge in [0.15, 0.2) is 11.5 Å². The number of nitrogens with one attached hydrogen (secondary N) is 1. The second-order valence-electron chi connectivity index (χ2n) is 11.3. The van der Waals surface area contributed by atoms with Crippen molar-refractivity contribution >= 4 is 17.9 Å². The summed E-state index contributed by atoms with van der Waals surface area (Å²) in [5.41, 5.74) is 1.49. The molecule has 4 atom stereocenters.